The molecule has 0 bridgehead atoms. The fraction of sp³-hybridized carbons (Fsp3) is 0.632. The van der Waals surface area contributed by atoms with Crippen LogP contribution in [0.15, 0.2) is 23.1 Å². The van der Waals surface area contributed by atoms with Crippen LogP contribution in [0, 0.1) is 17.7 Å². The topological polar surface area (TPSA) is 84.9 Å². The SMILES string of the molecule is COc1ccc(F)cc1S(=O)(=O)N1CC2(CC(CC(=O)NCC3CC3)CO2)C1. The van der Waals surface area contributed by atoms with E-state index in [-0.39, 0.29) is 35.6 Å². The molecular weight excluding hydrogens is 387 g/mol. The minimum absolute atomic E-state index is 0.0332. The lowest BCUT2D eigenvalue weighted by molar-refractivity contribution is -0.122. The molecule has 1 aromatic rings. The number of nitrogens with zero attached hydrogens (tertiary/aromatic N) is 1. The van der Waals surface area contributed by atoms with E-state index in [9.17, 15) is 17.6 Å². The zero-order chi connectivity index (χ0) is 19.9. The molecule has 1 spiro atoms. The number of sulfonamides is 1. The molecule has 3 fully saturated rings. The molecule has 9 heteroatoms. The van der Waals surface area contributed by atoms with Gasteiger partial charge < -0.3 is 14.8 Å². The summed E-state index contributed by atoms with van der Waals surface area (Å²) in [6.07, 6.45) is 3.43. The lowest BCUT2D eigenvalue weighted by Crippen LogP contribution is -2.63. The average Bonchev–Trinajstić information content (AvgIpc) is 3.37. The Morgan fingerprint density at radius 3 is 2.79 bits per heavy atom. The zero-order valence-corrected chi connectivity index (χ0v) is 16.6. The molecule has 0 radical (unpaired) electrons. The Labute approximate surface area is 164 Å². The van der Waals surface area contributed by atoms with Gasteiger partial charge in [-0.2, -0.15) is 4.31 Å². The first-order valence-electron chi connectivity index (χ1n) is 9.56. The molecule has 4 rings (SSSR count). The van der Waals surface area contributed by atoms with Gasteiger partial charge in [0.2, 0.25) is 15.9 Å². The third-order valence-corrected chi connectivity index (χ3v) is 7.53. The lowest BCUT2D eigenvalue weighted by atomic mass is 9.87. The molecule has 28 heavy (non-hydrogen) atoms. The summed E-state index contributed by atoms with van der Waals surface area (Å²) in [4.78, 5) is 11.9. The van der Waals surface area contributed by atoms with Crippen LogP contribution in [0.3, 0.4) is 0 Å². The maximum absolute atomic E-state index is 13.6. The van der Waals surface area contributed by atoms with Crippen LogP contribution >= 0.6 is 0 Å². The second kappa shape index (κ2) is 7.27. The summed E-state index contributed by atoms with van der Waals surface area (Å²) in [6, 6.07) is 3.44. The van der Waals surface area contributed by atoms with Gasteiger partial charge in [0.1, 0.15) is 16.5 Å². The maximum Gasteiger partial charge on any atom is 0.247 e. The van der Waals surface area contributed by atoms with Crippen molar-refractivity contribution >= 4 is 15.9 Å². The minimum Gasteiger partial charge on any atom is -0.495 e. The van der Waals surface area contributed by atoms with Gasteiger partial charge in [0.25, 0.3) is 0 Å². The number of nitrogens with one attached hydrogen (secondary N) is 1. The molecule has 1 atom stereocenters. The van der Waals surface area contributed by atoms with E-state index in [1.54, 1.807) is 0 Å². The van der Waals surface area contributed by atoms with E-state index >= 15 is 0 Å². The summed E-state index contributed by atoms with van der Waals surface area (Å²) in [7, 11) is -2.52. The first-order chi connectivity index (χ1) is 13.3. The molecule has 3 aliphatic rings. The predicted molar refractivity (Wildman–Crippen MR) is 98.9 cm³/mol. The Bertz CT molecular complexity index is 865. The highest BCUT2D eigenvalue weighted by Gasteiger charge is 2.54. The van der Waals surface area contributed by atoms with Crippen LogP contribution in [0.25, 0.3) is 0 Å². The standard InChI is InChI=1S/C19H25FN2O5S/c1-26-16-5-4-15(20)7-17(16)28(24,25)22-11-19(12-22)8-14(10-27-19)6-18(23)21-9-13-2-3-13/h4-5,7,13-14H,2-3,6,8-12H2,1H3,(H,21,23). The number of rotatable bonds is 7. The molecular formula is C19H25FN2O5S. The Morgan fingerprint density at radius 2 is 2.11 bits per heavy atom. The van der Waals surface area contributed by atoms with Crippen molar-refractivity contribution in [1.29, 1.82) is 0 Å². The van der Waals surface area contributed by atoms with Crippen molar-refractivity contribution in [2.45, 2.75) is 36.2 Å². The average molecular weight is 412 g/mol. The molecule has 154 valence electrons. The zero-order valence-electron chi connectivity index (χ0n) is 15.8. The van der Waals surface area contributed by atoms with E-state index in [0.29, 0.717) is 25.4 Å². The van der Waals surface area contributed by atoms with Crippen LogP contribution in [0.1, 0.15) is 25.7 Å². The highest BCUT2D eigenvalue weighted by molar-refractivity contribution is 7.89. The van der Waals surface area contributed by atoms with Gasteiger partial charge >= 0.3 is 0 Å². The number of halogens is 1. The second-order valence-corrected chi connectivity index (χ2v) is 9.99. The Hall–Kier alpha value is -1.71. The number of ether oxygens (including phenoxy) is 2. The van der Waals surface area contributed by atoms with Gasteiger partial charge in [-0.05, 0) is 49.3 Å². The molecule has 1 amide bonds. The number of methoxy groups -OCH3 is 1. The third kappa shape index (κ3) is 3.88. The minimum atomic E-state index is -3.87. The van der Waals surface area contributed by atoms with Gasteiger partial charge in [0, 0.05) is 26.1 Å². The summed E-state index contributed by atoms with van der Waals surface area (Å²) in [6.45, 7) is 1.61. The molecule has 2 saturated heterocycles. The van der Waals surface area contributed by atoms with Gasteiger partial charge in [0.05, 0.1) is 19.3 Å². The second-order valence-electron chi connectivity index (χ2n) is 8.08. The van der Waals surface area contributed by atoms with E-state index in [0.717, 1.165) is 18.7 Å². The van der Waals surface area contributed by atoms with Gasteiger partial charge in [-0.15, -0.1) is 0 Å². The quantitative estimate of drug-likeness (QED) is 0.734. The van der Waals surface area contributed by atoms with Crippen LogP contribution in [-0.2, 0) is 19.6 Å². The van der Waals surface area contributed by atoms with E-state index in [2.05, 4.69) is 5.32 Å². The van der Waals surface area contributed by atoms with Crippen molar-refractivity contribution in [3.8, 4) is 5.75 Å². The number of carbonyl (C=O) groups is 1. The Kier molecular flexibility index (Phi) is 5.09. The van der Waals surface area contributed by atoms with Crippen LogP contribution in [-0.4, -0.2) is 57.6 Å². The van der Waals surface area contributed by atoms with Crippen LogP contribution in [0.4, 0.5) is 4.39 Å². The third-order valence-electron chi connectivity index (χ3n) is 5.72. The molecule has 1 saturated carbocycles. The first-order valence-corrected chi connectivity index (χ1v) is 11.0. The van der Waals surface area contributed by atoms with Crippen LogP contribution < -0.4 is 10.1 Å². The summed E-state index contributed by atoms with van der Waals surface area (Å²) in [5.74, 6) is 0.239. The smallest absolute Gasteiger partial charge is 0.247 e. The Balaban J connectivity index is 1.35. The molecule has 2 heterocycles. The number of hydrogen-bond donors (Lipinski definition) is 1. The fourth-order valence-electron chi connectivity index (χ4n) is 3.96. The van der Waals surface area contributed by atoms with E-state index in [1.807, 2.05) is 0 Å². The van der Waals surface area contributed by atoms with Gasteiger partial charge in [-0.1, -0.05) is 0 Å². The fourth-order valence-corrected chi connectivity index (χ4v) is 5.72. The number of amides is 1. The monoisotopic (exact) mass is 412 g/mol. The maximum atomic E-state index is 13.6. The molecule has 1 aliphatic carbocycles. The summed E-state index contributed by atoms with van der Waals surface area (Å²) < 4.78 is 51.5. The molecule has 1 aromatic carbocycles. The lowest BCUT2D eigenvalue weighted by Gasteiger charge is -2.46. The van der Waals surface area contributed by atoms with E-state index in [4.69, 9.17) is 9.47 Å². The highest BCUT2D eigenvalue weighted by Crippen LogP contribution is 2.42. The molecule has 7 nitrogen and oxygen atoms in total. The summed E-state index contributed by atoms with van der Waals surface area (Å²) in [5.41, 5.74) is -0.547. The van der Waals surface area contributed by atoms with E-state index < -0.39 is 21.4 Å². The number of hydrogen-bond acceptors (Lipinski definition) is 5. The van der Waals surface area contributed by atoms with Crippen molar-refractivity contribution in [2.75, 3.05) is 33.4 Å². The van der Waals surface area contributed by atoms with E-state index in [1.165, 1.54) is 30.3 Å². The van der Waals surface area contributed by atoms with Gasteiger partial charge in [0.15, 0.2) is 0 Å². The normalized spacial score (nSPS) is 24.1. The molecule has 1 N–H and O–H groups in total. The molecule has 2 aliphatic heterocycles. The number of benzene rings is 1. The largest absolute Gasteiger partial charge is 0.495 e. The van der Waals surface area contributed by atoms with Crippen LogP contribution in [0.2, 0.25) is 0 Å². The van der Waals surface area contributed by atoms with Gasteiger partial charge in [-0.3, -0.25) is 4.79 Å². The van der Waals surface area contributed by atoms with Gasteiger partial charge in [-0.25, -0.2) is 12.8 Å². The summed E-state index contributed by atoms with van der Waals surface area (Å²) >= 11 is 0. The van der Waals surface area contributed by atoms with Crippen molar-refractivity contribution < 1.29 is 27.1 Å². The number of carbonyl (C=O) groups excluding carboxylic acids is 1. The van der Waals surface area contributed by atoms with Crippen molar-refractivity contribution in [3.05, 3.63) is 24.0 Å². The highest BCUT2D eigenvalue weighted by atomic mass is 32.2. The van der Waals surface area contributed by atoms with Crippen LogP contribution in [0.5, 0.6) is 5.75 Å². The molecule has 1 unspecified atom stereocenters. The Morgan fingerprint density at radius 1 is 1.36 bits per heavy atom. The predicted octanol–water partition coefficient (Wildman–Crippen LogP) is 1.53. The molecule has 0 aromatic heterocycles. The summed E-state index contributed by atoms with van der Waals surface area (Å²) in [5, 5.41) is 2.96. The van der Waals surface area contributed by atoms with Crippen molar-refractivity contribution in [1.82, 2.24) is 9.62 Å². The van der Waals surface area contributed by atoms with Crippen molar-refractivity contribution in [3.63, 3.8) is 0 Å². The van der Waals surface area contributed by atoms with Crippen molar-refractivity contribution in [2.24, 2.45) is 11.8 Å². The first kappa shape index (κ1) is 19.6.